The van der Waals surface area contributed by atoms with E-state index in [4.69, 9.17) is 4.74 Å². The van der Waals surface area contributed by atoms with E-state index in [0.29, 0.717) is 38.5 Å². The van der Waals surface area contributed by atoms with Crippen LogP contribution in [0.25, 0.3) is 11.3 Å². The molecule has 0 unspecified atom stereocenters. The van der Waals surface area contributed by atoms with Gasteiger partial charge in [-0.1, -0.05) is 50.1 Å². The Balaban J connectivity index is 1.28. The number of pyridine rings is 1. The summed E-state index contributed by atoms with van der Waals surface area (Å²) < 4.78 is 5.36. The van der Waals surface area contributed by atoms with Crippen LogP contribution in [0, 0.1) is 0 Å². The van der Waals surface area contributed by atoms with Gasteiger partial charge in [0.15, 0.2) is 0 Å². The number of urea groups is 1. The number of aliphatic carboxylic acids is 1. The number of carboxylic acids is 1. The van der Waals surface area contributed by atoms with Crippen LogP contribution in [-0.2, 0) is 14.3 Å². The number of rotatable bonds is 12. The fraction of sp³-hybridized carbons (Fsp3) is 0.556. The van der Waals surface area contributed by atoms with Crippen LogP contribution in [0.5, 0.6) is 0 Å². The predicted octanol–water partition coefficient (Wildman–Crippen LogP) is 3.52. The lowest BCUT2D eigenvalue weighted by Crippen LogP contribution is -2.56. The van der Waals surface area contributed by atoms with Crippen molar-refractivity contribution in [2.75, 3.05) is 77.0 Å². The predicted molar refractivity (Wildman–Crippen MR) is 187 cm³/mol. The fourth-order valence-corrected chi connectivity index (χ4v) is 6.53. The number of anilines is 1. The second-order valence-electron chi connectivity index (χ2n) is 13.0. The first kappa shape index (κ1) is 36.4. The fourth-order valence-electron chi connectivity index (χ4n) is 6.53. The number of carboxylic acid groups (broad SMARTS) is 1. The van der Waals surface area contributed by atoms with Crippen molar-refractivity contribution < 1.29 is 33.8 Å². The number of carbonyl (C=O) groups is 5. The molecule has 0 saturated carbocycles. The van der Waals surface area contributed by atoms with Gasteiger partial charge >= 0.3 is 18.1 Å². The summed E-state index contributed by atoms with van der Waals surface area (Å²) in [7, 11) is 0. The molecule has 3 fully saturated rings. The van der Waals surface area contributed by atoms with Crippen LogP contribution < -0.4 is 10.2 Å². The van der Waals surface area contributed by atoms with Gasteiger partial charge in [0.2, 0.25) is 5.91 Å². The largest absolute Gasteiger partial charge is 0.481 e. The summed E-state index contributed by atoms with van der Waals surface area (Å²) in [4.78, 5) is 78.2. The summed E-state index contributed by atoms with van der Waals surface area (Å²) in [6.45, 7) is 7.30. The number of piperazine rings is 2. The average molecular weight is 692 g/mol. The Morgan fingerprint density at radius 1 is 0.820 bits per heavy atom. The maximum atomic E-state index is 13.8. The van der Waals surface area contributed by atoms with Gasteiger partial charge in [-0.3, -0.25) is 14.4 Å². The van der Waals surface area contributed by atoms with Crippen molar-refractivity contribution in [3.63, 3.8) is 0 Å². The highest BCUT2D eigenvalue weighted by Gasteiger charge is 2.32. The SMILES string of the molecule is CCCCCOC(=O)N1CCN(C(=O)[C@H](CCC(=O)O)NC(=O)c2cc(N3CCN(C(=O)N4CCCC4)CC3)cc(-c3ccccc3)n2)CC1. The van der Waals surface area contributed by atoms with Gasteiger partial charge in [-0.25, -0.2) is 14.6 Å². The van der Waals surface area contributed by atoms with Gasteiger partial charge < -0.3 is 39.7 Å². The molecule has 14 heteroatoms. The number of hydrogen-bond acceptors (Lipinski definition) is 8. The standard InChI is InChI=1S/C36H49N7O7/c1-2-3-9-24-50-36(49)43-22-18-40(19-23-43)34(47)29(12-13-32(44)45)38-33(46)31-26-28(25-30(37-31)27-10-5-4-6-11-27)39-16-20-42(21-17-39)35(48)41-14-7-8-15-41/h4-6,10-11,25-26,29H,2-3,7-9,12-24H2,1H3,(H,38,46)(H,44,45)/t29-/m0/s1. The number of likely N-dealkylation sites (tertiary alicyclic amines) is 1. The van der Waals surface area contributed by atoms with Crippen molar-refractivity contribution in [2.24, 2.45) is 0 Å². The highest BCUT2D eigenvalue weighted by Crippen LogP contribution is 2.26. The monoisotopic (exact) mass is 691 g/mol. The first-order valence-corrected chi connectivity index (χ1v) is 17.8. The zero-order chi connectivity index (χ0) is 35.5. The highest BCUT2D eigenvalue weighted by molar-refractivity contribution is 5.97. The summed E-state index contributed by atoms with van der Waals surface area (Å²) in [5.74, 6) is -2.08. The summed E-state index contributed by atoms with van der Waals surface area (Å²) in [6, 6.07) is 12.1. The summed E-state index contributed by atoms with van der Waals surface area (Å²) in [5, 5.41) is 12.2. The summed E-state index contributed by atoms with van der Waals surface area (Å²) >= 11 is 0. The van der Waals surface area contributed by atoms with Crippen LogP contribution in [0.15, 0.2) is 42.5 Å². The van der Waals surface area contributed by atoms with E-state index < -0.39 is 29.9 Å². The molecule has 0 bridgehead atoms. The molecule has 1 atom stereocenters. The zero-order valence-corrected chi connectivity index (χ0v) is 28.9. The molecule has 4 heterocycles. The third kappa shape index (κ3) is 9.63. The Morgan fingerprint density at radius 2 is 1.46 bits per heavy atom. The topological polar surface area (TPSA) is 156 Å². The van der Waals surface area contributed by atoms with Gasteiger partial charge in [-0.05, 0) is 37.8 Å². The van der Waals surface area contributed by atoms with E-state index in [0.717, 1.165) is 56.4 Å². The van der Waals surface area contributed by atoms with Crippen LogP contribution in [0.3, 0.4) is 0 Å². The van der Waals surface area contributed by atoms with Crippen molar-refractivity contribution in [3.8, 4) is 11.3 Å². The minimum absolute atomic E-state index is 0.0720. The Morgan fingerprint density at radius 3 is 2.12 bits per heavy atom. The molecular formula is C36H49N7O7. The lowest BCUT2D eigenvalue weighted by molar-refractivity contribution is -0.138. The second kappa shape index (κ2) is 17.7. The number of nitrogens with one attached hydrogen (secondary N) is 1. The van der Waals surface area contributed by atoms with Crippen LogP contribution in [0.4, 0.5) is 15.3 Å². The number of hydrogen-bond donors (Lipinski definition) is 2. The average Bonchev–Trinajstić information content (AvgIpc) is 3.70. The number of carbonyl (C=O) groups excluding carboxylic acids is 4. The summed E-state index contributed by atoms with van der Waals surface area (Å²) in [5.41, 5.74) is 2.26. The molecule has 0 radical (unpaired) electrons. The van der Waals surface area contributed by atoms with Gasteiger partial charge in [-0.15, -0.1) is 0 Å². The van der Waals surface area contributed by atoms with E-state index >= 15 is 0 Å². The van der Waals surface area contributed by atoms with Crippen LogP contribution >= 0.6 is 0 Å². The molecule has 3 saturated heterocycles. The third-order valence-corrected chi connectivity index (χ3v) is 9.48. The number of benzene rings is 1. The minimum Gasteiger partial charge on any atom is -0.481 e. The van der Waals surface area contributed by atoms with E-state index in [1.165, 1.54) is 0 Å². The quantitative estimate of drug-likeness (QED) is 0.318. The smallest absolute Gasteiger partial charge is 0.409 e. The molecule has 270 valence electrons. The van der Waals surface area contributed by atoms with Gasteiger partial charge in [0.05, 0.1) is 12.3 Å². The molecule has 3 aliphatic heterocycles. The lowest BCUT2D eigenvalue weighted by atomic mass is 10.1. The molecule has 14 nitrogen and oxygen atoms in total. The van der Waals surface area contributed by atoms with E-state index in [1.54, 1.807) is 15.9 Å². The second-order valence-corrected chi connectivity index (χ2v) is 13.0. The zero-order valence-electron chi connectivity index (χ0n) is 28.9. The highest BCUT2D eigenvalue weighted by atomic mass is 16.6. The lowest BCUT2D eigenvalue weighted by Gasteiger charge is -2.38. The van der Waals surface area contributed by atoms with Crippen molar-refractivity contribution in [1.29, 1.82) is 0 Å². The van der Waals surface area contributed by atoms with Crippen molar-refractivity contribution in [1.82, 2.24) is 29.9 Å². The molecule has 2 aromatic rings. The molecule has 2 N–H and O–H groups in total. The maximum absolute atomic E-state index is 13.8. The first-order valence-electron chi connectivity index (χ1n) is 17.8. The Hall–Kier alpha value is -4.88. The Bertz CT molecular complexity index is 1480. The maximum Gasteiger partial charge on any atom is 0.409 e. The van der Waals surface area contributed by atoms with Gasteiger partial charge in [0.25, 0.3) is 5.91 Å². The first-order chi connectivity index (χ1) is 24.2. The normalized spacial score (nSPS) is 17.0. The van der Waals surface area contributed by atoms with Crippen molar-refractivity contribution in [2.45, 2.75) is 57.9 Å². The van der Waals surface area contributed by atoms with E-state index in [2.05, 4.69) is 22.1 Å². The van der Waals surface area contributed by atoms with Crippen molar-refractivity contribution >= 4 is 35.6 Å². The van der Waals surface area contributed by atoms with Gasteiger partial charge in [-0.2, -0.15) is 0 Å². The van der Waals surface area contributed by atoms with Crippen LogP contribution in [-0.4, -0.2) is 138 Å². The number of unbranched alkanes of at least 4 members (excludes halogenated alkanes) is 2. The number of amides is 5. The van der Waals surface area contributed by atoms with Crippen LogP contribution in [0.1, 0.15) is 62.4 Å². The Labute approximate surface area is 293 Å². The number of ether oxygens (including phenoxy) is 1. The van der Waals surface area contributed by atoms with Gasteiger partial charge in [0.1, 0.15) is 11.7 Å². The van der Waals surface area contributed by atoms with E-state index in [1.807, 2.05) is 46.2 Å². The van der Waals surface area contributed by atoms with E-state index in [-0.39, 0.29) is 50.7 Å². The third-order valence-electron chi connectivity index (χ3n) is 9.48. The molecule has 50 heavy (non-hydrogen) atoms. The van der Waals surface area contributed by atoms with Gasteiger partial charge in [0, 0.05) is 83.1 Å². The Kier molecular flexibility index (Phi) is 12.9. The van der Waals surface area contributed by atoms with Crippen molar-refractivity contribution in [3.05, 3.63) is 48.2 Å². The van der Waals surface area contributed by atoms with E-state index in [9.17, 15) is 29.1 Å². The molecule has 1 aromatic heterocycles. The molecule has 0 aliphatic carbocycles. The number of nitrogens with zero attached hydrogens (tertiary/aromatic N) is 6. The molecule has 1 aromatic carbocycles. The minimum atomic E-state index is -1.10. The molecular weight excluding hydrogens is 642 g/mol. The molecule has 5 amide bonds. The van der Waals surface area contributed by atoms with Crippen LogP contribution in [0.2, 0.25) is 0 Å². The molecule has 0 spiro atoms. The number of aromatic nitrogens is 1. The summed E-state index contributed by atoms with van der Waals surface area (Å²) in [6.07, 6.45) is 4.03. The molecule has 5 rings (SSSR count). The molecule has 3 aliphatic rings.